The first-order valence-electron chi connectivity index (χ1n) is 8.86. The van der Waals surface area contributed by atoms with Crippen LogP contribution in [0.1, 0.15) is 29.5 Å². The molecule has 2 aromatic carbocycles. The third-order valence-electron chi connectivity index (χ3n) is 4.30. The van der Waals surface area contributed by atoms with Gasteiger partial charge >= 0.3 is 0 Å². The number of hydrogen-bond donors (Lipinski definition) is 0. The Morgan fingerprint density at radius 3 is 2.33 bits per heavy atom. The number of rotatable bonds is 7. The Morgan fingerprint density at radius 1 is 0.852 bits per heavy atom. The lowest BCUT2D eigenvalue weighted by Gasteiger charge is -2.08. The molecular formula is C23H19N3O. The molecule has 0 N–H and O–H groups in total. The fourth-order valence-corrected chi connectivity index (χ4v) is 2.82. The maximum atomic E-state index is 9.15. The molecule has 0 aliphatic carbocycles. The van der Waals surface area contributed by atoms with Gasteiger partial charge < -0.3 is 4.74 Å². The number of nitriles is 2. The molecule has 0 saturated carbocycles. The Bertz CT molecular complexity index is 967. The second-order valence-corrected chi connectivity index (χ2v) is 6.18. The van der Waals surface area contributed by atoms with E-state index in [9.17, 15) is 0 Å². The first-order valence-corrected chi connectivity index (χ1v) is 8.86. The molecule has 3 rings (SSSR count). The minimum atomic E-state index is 0.393. The Labute approximate surface area is 159 Å². The average molecular weight is 353 g/mol. The summed E-state index contributed by atoms with van der Waals surface area (Å²) in [5, 5.41) is 18.2. The third-order valence-corrected chi connectivity index (χ3v) is 4.30. The van der Waals surface area contributed by atoms with E-state index in [4.69, 9.17) is 15.3 Å². The van der Waals surface area contributed by atoms with Crippen molar-refractivity contribution in [2.45, 2.75) is 19.3 Å². The predicted octanol–water partition coefficient (Wildman–Crippen LogP) is 4.89. The number of ether oxygens (including phenoxy) is 1. The molecule has 0 amide bonds. The topological polar surface area (TPSA) is 69.7 Å². The van der Waals surface area contributed by atoms with E-state index in [-0.39, 0.29) is 0 Å². The van der Waals surface area contributed by atoms with E-state index in [1.165, 1.54) is 5.56 Å². The van der Waals surface area contributed by atoms with Crippen LogP contribution in [0.15, 0.2) is 67.0 Å². The lowest BCUT2D eigenvalue weighted by molar-refractivity contribution is 0.307. The van der Waals surface area contributed by atoms with Crippen molar-refractivity contribution in [3.8, 4) is 29.0 Å². The molecule has 0 atom stereocenters. The van der Waals surface area contributed by atoms with Gasteiger partial charge in [-0.2, -0.15) is 10.5 Å². The van der Waals surface area contributed by atoms with E-state index < -0.39 is 0 Å². The zero-order valence-corrected chi connectivity index (χ0v) is 14.9. The molecular weight excluding hydrogens is 334 g/mol. The van der Waals surface area contributed by atoms with E-state index in [2.05, 4.69) is 17.1 Å². The third kappa shape index (κ3) is 4.93. The van der Waals surface area contributed by atoms with Crippen LogP contribution in [0, 0.1) is 22.7 Å². The number of pyridine rings is 1. The van der Waals surface area contributed by atoms with Crippen LogP contribution in [0.5, 0.6) is 5.75 Å². The Morgan fingerprint density at radius 2 is 1.63 bits per heavy atom. The number of aryl methyl sites for hydroxylation is 1. The molecule has 1 aromatic heterocycles. The smallest absolute Gasteiger partial charge is 0.119 e. The molecule has 0 spiro atoms. The van der Waals surface area contributed by atoms with Gasteiger partial charge in [0.25, 0.3) is 0 Å². The monoisotopic (exact) mass is 353 g/mol. The summed E-state index contributed by atoms with van der Waals surface area (Å²) < 4.78 is 5.81. The minimum absolute atomic E-state index is 0.393. The fourth-order valence-electron chi connectivity index (χ4n) is 2.82. The highest BCUT2D eigenvalue weighted by molar-refractivity contribution is 5.67. The van der Waals surface area contributed by atoms with E-state index in [0.29, 0.717) is 17.7 Å². The van der Waals surface area contributed by atoms with Crippen LogP contribution in [-0.4, -0.2) is 11.6 Å². The molecule has 132 valence electrons. The zero-order valence-electron chi connectivity index (χ0n) is 14.9. The van der Waals surface area contributed by atoms with Crippen molar-refractivity contribution in [1.82, 2.24) is 4.98 Å². The highest BCUT2D eigenvalue weighted by atomic mass is 16.5. The van der Waals surface area contributed by atoms with Gasteiger partial charge in [0.1, 0.15) is 17.9 Å². The highest BCUT2D eigenvalue weighted by Crippen LogP contribution is 2.24. The Kier molecular flexibility index (Phi) is 6.17. The van der Waals surface area contributed by atoms with Gasteiger partial charge in [0, 0.05) is 12.4 Å². The maximum absolute atomic E-state index is 9.15. The van der Waals surface area contributed by atoms with Gasteiger partial charge in [0.15, 0.2) is 0 Å². The molecule has 0 unspecified atom stereocenters. The normalized spacial score (nSPS) is 10.0. The quantitative estimate of drug-likeness (QED) is 0.567. The van der Waals surface area contributed by atoms with Crippen molar-refractivity contribution in [2.24, 2.45) is 0 Å². The summed E-state index contributed by atoms with van der Waals surface area (Å²) in [6.07, 6.45) is 6.75. The van der Waals surface area contributed by atoms with E-state index in [0.717, 1.165) is 36.1 Å². The summed E-state index contributed by atoms with van der Waals surface area (Å²) in [6.45, 7) is 0.676. The van der Waals surface area contributed by atoms with Gasteiger partial charge in [-0.25, -0.2) is 0 Å². The number of benzene rings is 2. The molecule has 0 fully saturated rings. The number of unbranched alkanes of at least 4 members (excludes halogenated alkanes) is 1. The van der Waals surface area contributed by atoms with Crippen LogP contribution >= 0.6 is 0 Å². The van der Waals surface area contributed by atoms with Crippen molar-refractivity contribution in [1.29, 1.82) is 10.5 Å². The van der Waals surface area contributed by atoms with Crippen LogP contribution in [0.4, 0.5) is 0 Å². The van der Waals surface area contributed by atoms with Crippen LogP contribution in [0.2, 0.25) is 0 Å². The summed E-state index contributed by atoms with van der Waals surface area (Å²) in [5.41, 5.74) is 3.94. The number of hydrogen-bond acceptors (Lipinski definition) is 4. The van der Waals surface area contributed by atoms with E-state index in [1.54, 1.807) is 18.3 Å². The van der Waals surface area contributed by atoms with Gasteiger partial charge in [-0.1, -0.05) is 24.3 Å². The molecule has 0 bridgehead atoms. The number of nitrogens with zero attached hydrogens (tertiary/aromatic N) is 3. The maximum Gasteiger partial charge on any atom is 0.119 e. The van der Waals surface area contributed by atoms with Crippen molar-refractivity contribution in [3.63, 3.8) is 0 Å². The lowest BCUT2D eigenvalue weighted by atomic mass is 10.0. The Hall–Kier alpha value is -3.63. The van der Waals surface area contributed by atoms with Crippen molar-refractivity contribution in [3.05, 3.63) is 83.7 Å². The first kappa shape index (κ1) is 18.2. The van der Waals surface area contributed by atoms with Crippen molar-refractivity contribution in [2.75, 3.05) is 6.61 Å². The van der Waals surface area contributed by atoms with Gasteiger partial charge in [-0.3, -0.25) is 4.98 Å². The summed E-state index contributed by atoms with van der Waals surface area (Å²) in [6, 6.07) is 21.2. The van der Waals surface area contributed by atoms with Crippen molar-refractivity contribution >= 4 is 0 Å². The lowest BCUT2D eigenvalue weighted by Crippen LogP contribution is -1.98. The average Bonchev–Trinajstić information content (AvgIpc) is 2.74. The second kappa shape index (κ2) is 9.17. The van der Waals surface area contributed by atoms with Crippen LogP contribution < -0.4 is 4.74 Å². The van der Waals surface area contributed by atoms with Gasteiger partial charge in [0.2, 0.25) is 0 Å². The molecule has 4 nitrogen and oxygen atoms in total. The summed E-state index contributed by atoms with van der Waals surface area (Å²) in [7, 11) is 0. The summed E-state index contributed by atoms with van der Waals surface area (Å²) in [5.74, 6) is 0.828. The molecule has 3 aromatic rings. The van der Waals surface area contributed by atoms with E-state index >= 15 is 0 Å². The molecule has 4 heteroatoms. The Balaban J connectivity index is 1.52. The van der Waals surface area contributed by atoms with Crippen LogP contribution in [0.25, 0.3) is 11.1 Å². The molecule has 0 saturated heterocycles. The SMILES string of the molecule is N#Cc1ccc(-c2ccc(OCCCCc3cccnc3)cc2)cc1C#N. The zero-order chi connectivity index (χ0) is 18.9. The summed E-state index contributed by atoms with van der Waals surface area (Å²) >= 11 is 0. The predicted molar refractivity (Wildman–Crippen MR) is 104 cm³/mol. The molecule has 0 aliphatic heterocycles. The van der Waals surface area contributed by atoms with Crippen LogP contribution in [-0.2, 0) is 6.42 Å². The second-order valence-electron chi connectivity index (χ2n) is 6.18. The molecule has 0 radical (unpaired) electrons. The van der Waals surface area contributed by atoms with Gasteiger partial charge in [-0.15, -0.1) is 0 Å². The van der Waals surface area contributed by atoms with Gasteiger partial charge in [-0.05, 0) is 66.3 Å². The standard InChI is InChI=1S/C23H19N3O/c24-15-21-7-6-20(14-22(21)16-25)19-8-10-23(11-9-19)27-13-2-1-4-18-5-3-12-26-17-18/h3,5-12,14,17H,1-2,4,13H2. The molecule has 0 aliphatic rings. The largest absolute Gasteiger partial charge is 0.494 e. The molecule has 27 heavy (non-hydrogen) atoms. The minimum Gasteiger partial charge on any atom is -0.494 e. The fraction of sp³-hybridized carbons (Fsp3) is 0.174. The first-order chi connectivity index (χ1) is 13.3. The highest BCUT2D eigenvalue weighted by Gasteiger charge is 2.05. The van der Waals surface area contributed by atoms with Crippen LogP contribution in [0.3, 0.4) is 0 Å². The van der Waals surface area contributed by atoms with Crippen molar-refractivity contribution < 1.29 is 4.74 Å². The molecule has 1 heterocycles. The van der Waals surface area contributed by atoms with E-state index in [1.807, 2.05) is 48.7 Å². The summed E-state index contributed by atoms with van der Waals surface area (Å²) in [4.78, 5) is 4.12. The number of aromatic nitrogens is 1. The van der Waals surface area contributed by atoms with Gasteiger partial charge in [0.05, 0.1) is 17.7 Å².